The second kappa shape index (κ2) is 8.80. The summed E-state index contributed by atoms with van der Waals surface area (Å²) in [6.45, 7) is 4.50. The minimum atomic E-state index is -0.292. The van der Waals surface area contributed by atoms with E-state index in [1.165, 1.54) is 0 Å². The summed E-state index contributed by atoms with van der Waals surface area (Å²) in [5, 5.41) is 6.14. The Bertz CT molecular complexity index is 897. The van der Waals surface area contributed by atoms with E-state index >= 15 is 0 Å². The fourth-order valence-electron chi connectivity index (χ4n) is 2.48. The first-order valence-corrected chi connectivity index (χ1v) is 8.77. The quantitative estimate of drug-likeness (QED) is 0.661. The minimum Gasteiger partial charge on any atom is -0.489 e. The van der Waals surface area contributed by atoms with Gasteiger partial charge in [-0.1, -0.05) is 18.2 Å². The molecular formula is C21H22N4O2. The fourth-order valence-corrected chi connectivity index (χ4v) is 2.48. The third-order valence-corrected chi connectivity index (χ3v) is 3.71. The smallest absolute Gasteiger partial charge is 0.274 e. The molecule has 2 aromatic heterocycles. The number of benzene rings is 1. The maximum atomic E-state index is 12.6. The summed E-state index contributed by atoms with van der Waals surface area (Å²) >= 11 is 0. The lowest BCUT2D eigenvalue weighted by Gasteiger charge is -2.14. The molecule has 0 saturated carbocycles. The van der Waals surface area contributed by atoms with Crippen molar-refractivity contribution in [2.75, 3.05) is 10.6 Å². The van der Waals surface area contributed by atoms with Crippen molar-refractivity contribution in [1.82, 2.24) is 9.97 Å². The summed E-state index contributed by atoms with van der Waals surface area (Å²) in [5.41, 5.74) is 2.81. The van der Waals surface area contributed by atoms with Crippen molar-refractivity contribution in [3.63, 3.8) is 0 Å². The summed E-state index contributed by atoms with van der Waals surface area (Å²) < 4.78 is 5.74. The van der Waals surface area contributed by atoms with E-state index in [9.17, 15) is 4.79 Å². The second-order valence-corrected chi connectivity index (χ2v) is 6.26. The monoisotopic (exact) mass is 362 g/mol. The van der Waals surface area contributed by atoms with Crippen molar-refractivity contribution in [1.29, 1.82) is 0 Å². The van der Waals surface area contributed by atoms with E-state index in [1.54, 1.807) is 30.7 Å². The van der Waals surface area contributed by atoms with Crippen LogP contribution >= 0.6 is 0 Å². The lowest BCUT2D eigenvalue weighted by molar-refractivity contribution is 0.102. The highest BCUT2D eigenvalue weighted by atomic mass is 16.5. The van der Waals surface area contributed by atoms with Crippen LogP contribution in [0.15, 0.2) is 67.1 Å². The Kier molecular flexibility index (Phi) is 5.99. The van der Waals surface area contributed by atoms with Crippen molar-refractivity contribution in [3.8, 4) is 5.75 Å². The summed E-state index contributed by atoms with van der Waals surface area (Å²) in [7, 11) is 0. The number of rotatable bonds is 7. The van der Waals surface area contributed by atoms with Crippen molar-refractivity contribution in [2.45, 2.75) is 26.5 Å². The first kappa shape index (κ1) is 18.4. The molecule has 0 aliphatic rings. The van der Waals surface area contributed by atoms with Crippen molar-refractivity contribution < 1.29 is 9.53 Å². The van der Waals surface area contributed by atoms with E-state index in [0.29, 0.717) is 23.7 Å². The maximum absolute atomic E-state index is 12.6. The number of pyridine rings is 2. The van der Waals surface area contributed by atoms with Crippen LogP contribution < -0.4 is 15.4 Å². The van der Waals surface area contributed by atoms with E-state index < -0.39 is 0 Å². The van der Waals surface area contributed by atoms with E-state index in [-0.39, 0.29) is 12.0 Å². The van der Waals surface area contributed by atoms with Gasteiger partial charge in [-0.25, -0.2) is 0 Å². The molecule has 2 heterocycles. The number of para-hydroxylation sites is 2. The topological polar surface area (TPSA) is 76.1 Å². The van der Waals surface area contributed by atoms with Gasteiger partial charge in [0.1, 0.15) is 11.4 Å². The van der Waals surface area contributed by atoms with Gasteiger partial charge < -0.3 is 15.4 Å². The molecule has 0 bridgehead atoms. The fraction of sp³-hybridized carbons (Fsp3) is 0.190. The van der Waals surface area contributed by atoms with Gasteiger partial charge in [-0.3, -0.25) is 14.8 Å². The van der Waals surface area contributed by atoms with Crippen LogP contribution in [-0.4, -0.2) is 22.0 Å². The standard InChI is InChI=1S/C21H22N4O2/c1-15(2)27-20-8-4-3-7-18(20)25-21(26)19-12-17(9-11-23-19)24-14-16-6-5-10-22-13-16/h3-13,15H,14H2,1-2H3,(H,23,24)(H,25,26). The largest absolute Gasteiger partial charge is 0.489 e. The highest BCUT2D eigenvalue weighted by molar-refractivity contribution is 6.04. The number of hydrogen-bond acceptors (Lipinski definition) is 5. The zero-order valence-electron chi connectivity index (χ0n) is 15.3. The highest BCUT2D eigenvalue weighted by Crippen LogP contribution is 2.25. The van der Waals surface area contributed by atoms with Crippen molar-refractivity contribution >= 4 is 17.3 Å². The summed E-state index contributed by atoms with van der Waals surface area (Å²) in [6.07, 6.45) is 5.16. The number of carbonyl (C=O) groups excluding carboxylic acids is 1. The lowest BCUT2D eigenvalue weighted by Crippen LogP contribution is -2.16. The second-order valence-electron chi connectivity index (χ2n) is 6.26. The molecule has 27 heavy (non-hydrogen) atoms. The van der Waals surface area contributed by atoms with Crippen molar-refractivity contribution in [3.05, 3.63) is 78.4 Å². The Hall–Kier alpha value is -3.41. The predicted octanol–water partition coefficient (Wildman–Crippen LogP) is 4.13. The average Bonchev–Trinajstić information content (AvgIpc) is 2.68. The zero-order valence-corrected chi connectivity index (χ0v) is 15.3. The molecule has 3 rings (SSSR count). The Morgan fingerprint density at radius 3 is 2.74 bits per heavy atom. The summed E-state index contributed by atoms with van der Waals surface area (Å²) in [5.74, 6) is 0.339. The molecule has 0 aliphatic heterocycles. The van der Waals surface area contributed by atoms with E-state index in [4.69, 9.17) is 4.74 Å². The Balaban J connectivity index is 1.69. The van der Waals surface area contributed by atoms with Gasteiger partial charge in [0.05, 0.1) is 11.8 Å². The Labute approximate surface area is 158 Å². The van der Waals surface area contributed by atoms with Gasteiger partial charge in [-0.2, -0.15) is 0 Å². The van der Waals surface area contributed by atoms with Crippen LogP contribution in [-0.2, 0) is 6.54 Å². The molecular weight excluding hydrogens is 340 g/mol. The van der Waals surface area contributed by atoms with Crippen LogP contribution in [0.5, 0.6) is 5.75 Å². The van der Waals surface area contributed by atoms with Gasteiger partial charge in [0, 0.05) is 30.8 Å². The predicted molar refractivity (Wildman–Crippen MR) is 106 cm³/mol. The van der Waals surface area contributed by atoms with Gasteiger partial charge in [0.15, 0.2) is 0 Å². The maximum Gasteiger partial charge on any atom is 0.274 e. The first-order chi connectivity index (χ1) is 13.1. The van der Waals surface area contributed by atoms with Crippen LogP contribution in [0.4, 0.5) is 11.4 Å². The first-order valence-electron chi connectivity index (χ1n) is 8.77. The molecule has 2 N–H and O–H groups in total. The lowest BCUT2D eigenvalue weighted by atomic mass is 10.2. The molecule has 0 radical (unpaired) electrons. The molecule has 0 atom stereocenters. The van der Waals surface area contributed by atoms with E-state index in [2.05, 4.69) is 20.6 Å². The number of nitrogens with one attached hydrogen (secondary N) is 2. The number of nitrogens with zero attached hydrogens (tertiary/aromatic N) is 2. The highest BCUT2D eigenvalue weighted by Gasteiger charge is 2.12. The normalized spacial score (nSPS) is 10.5. The minimum absolute atomic E-state index is 0.0150. The SMILES string of the molecule is CC(C)Oc1ccccc1NC(=O)c1cc(NCc2cccnc2)ccn1. The van der Waals surface area contributed by atoms with Crippen LogP contribution in [0.1, 0.15) is 29.9 Å². The van der Waals surface area contributed by atoms with Gasteiger partial charge in [0.2, 0.25) is 0 Å². The van der Waals surface area contributed by atoms with Crippen LogP contribution in [0.2, 0.25) is 0 Å². The molecule has 138 valence electrons. The van der Waals surface area contributed by atoms with Crippen LogP contribution in [0, 0.1) is 0 Å². The zero-order chi connectivity index (χ0) is 19.1. The van der Waals surface area contributed by atoms with Gasteiger partial charge >= 0.3 is 0 Å². The molecule has 0 fully saturated rings. The Morgan fingerprint density at radius 1 is 1.11 bits per heavy atom. The number of carbonyl (C=O) groups is 1. The van der Waals surface area contributed by atoms with Gasteiger partial charge in [-0.05, 0) is 49.7 Å². The summed E-state index contributed by atoms with van der Waals surface area (Å²) in [4.78, 5) is 20.9. The van der Waals surface area contributed by atoms with E-state index in [1.807, 2.05) is 50.2 Å². The molecule has 1 aromatic carbocycles. The average molecular weight is 362 g/mol. The number of anilines is 2. The number of ether oxygens (including phenoxy) is 1. The molecule has 3 aromatic rings. The molecule has 6 heteroatoms. The van der Waals surface area contributed by atoms with Gasteiger partial charge in [0.25, 0.3) is 5.91 Å². The van der Waals surface area contributed by atoms with Gasteiger partial charge in [-0.15, -0.1) is 0 Å². The number of hydrogen-bond donors (Lipinski definition) is 2. The van der Waals surface area contributed by atoms with Crippen LogP contribution in [0.25, 0.3) is 0 Å². The molecule has 0 unspecified atom stereocenters. The Morgan fingerprint density at radius 2 is 1.96 bits per heavy atom. The van der Waals surface area contributed by atoms with Crippen molar-refractivity contribution in [2.24, 2.45) is 0 Å². The summed E-state index contributed by atoms with van der Waals surface area (Å²) in [6, 6.07) is 14.8. The molecule has 6 nitrogen and oxygen atoms in total. The number of amides is 1. The molecule has 0 aliphatic carbocycles. The molecule has 0 spiro atoms. The molecule has 0 saturated heterocycles. The molecule has 1 amide bonds. The third kappa shape index (κ3) is 5.28. The van der Waals surface area contributed by atoms with E-state index in [0.717, 1.165) is 11.3 Å². The number of aromatic nitrogens is 2. The third-order valence-electron chi connectivity index (χ3n) is 3.71. The van der Waals surface area contributed by atoms with Crippen LogP contribution in [0.3, 0.4) is 0 Å².